The Morgan fingerprint density at radius 3 is 2.82 bits per heavy atom. The van der Waals surface area contributed by atoms with E-state index in [0.29, 0.717) is 5.41 Å². The van der Waals surface area contributed by atoms with Crippen molar-refractivity contribution in [3.8, 4) is 5.75 Å². The van der Waals surface area contributed by atoms with E-state index in [0.717, 1.165) is 37.2 Å². The first-order valence-electron chi connectivity index (χ1n) is 6.39. The highest BCUT2D eigenvalue weighted by Crippen LogP contribution is 2.33. The van der Waals surface area contributed by atoms with E-state index in [1.807, 2.05) is 12.1 Å². The number of fused-ring (bicyclic) bond motifs is 1. The molecule has 0 fully saturated rings. The molecule has 1 aliphatic rings. The minimum Gasteiger partial charge on any atom is -0.494 e. The Kier molecular flexibility index (Phi) is 3.43. The first-order chi connectivity index (χ1) is 7.96. The van der Waals surface area contributed by atoms with Crippen LogP contribution in [-0.2, 0) is 6.42 Å². The molecular weight excluding hydrogens is 212 g/mol. The molecule has 2 heteroatoms. The molecule has 0 bridgehead atoms. The van der Waals surface area contributed by atoms with Gasteiger partial charge >= 0.3 is 0 Å². The van der Waals surface area contributed by atoms with E-state index in [9.17, 15) is 5.11 Å². The number of benzene rings is 1. The fourth-order valence-corrected chi connectivity index (χ4v) is 2.14. The second kappa shape index (κ2) is 4.69. The first kappa shape index (κ1) is 12.4. The summed E-state index contributed by atoms with van der Waals surface area (Å²) in [6.45, 7) is 7.41. The predicted molar refractivity (Wildman–Crippen MR) is 69.3 cm³/mol. The lowest BCUT2D eigenvalue weighted by molar-refractivity contribution is 0.180. The Bertz CT molecular complexity index is 390. The summed E-state index contributed by atoms with van der Waals surface area (Å²) in [5, 5.41) is 9.71. The van der Waals surface area contributed by atoms with Crippen molar-refractivity contribution in [2.75, 3.05) is 6.61 Å². The van der Waals surface area contributed by atoms with Gasteiger partial charge < -0.3 is 9.84 Å². The smallest absolute Gasteiger partial charge is 0.119 e. The van der Waals surface area contributed by atoms with Gasteiger partial charge in [0.25, 0.3) is 0 Å². The van der Waals surface area contributed by atoms with Gasteiger partial charge in [-0.1, -0.05) is 26.8 Å². The zero-order chi connectivity index (χ0) is 12.5. The molecule has 0 spiro atoms. The van der Waals surface area contributed by atoms with Crippen LogP contribution in [0, 0.1) is 5.41 Å². The minimum absolute atomic E-state index is 0.270. The molecule has 94 valence electrons. The van der Waals surface area contributed by atoms with Gasteiger partial charge in [0.15, 0.2) is 0 Å². The molecule has 0 saturated carbocycles. The van der Waals surface area contributed by atoms with Gasteiger partial charge in [0.05, 0.1) is 12.7 Å². The topological polar surface area (TPSA) is 29.5 Å². The summed E-state index contributed by atoms with van der Waals surface area (Å²) in [5.41, 5.74) is 2.63. The van der Waals surface area contributed by atoms with Crippen molar-refractivity contribution in [1.29, 1.82) is 0 Å². The van der Waals surface area contributed by atoms with E-state index in [1.54, 1.807) is 0 Å². The molecule has 0 aromatic heterocycles. The number of ether oxygens (including phenoxy) is 1. The molecule has 0 unspecified atom stereocenters. The number of hydrogen-bond acceptors (Lipinski definition) is 2. The fraction of sp³-hybridized carbons (Fsp3) is 0.600. The van der Waals surface area contributed by atoms with E-state index in [4.69, 9.17) is 4.74 Å². The molecule has 1 aliphatic carbocycles. The summed E-state index contributed by atoms with van der Waals surface area (Å²) in [7, 11) is 0. The molecule has 17 heavy (non-hydrogen) atoms. The molecule has 0 heterocycles. The number of hydrogen-bond donors (Lipinski definition) is 1. The zero-order valence-corrected chi connectivity index (χ0v) is 11.0. The predicted octanol–water partition coefficient (Wildman–Crippen LogP) is 3.48. The molecule has 0 radical (unpaired) electrons. The number of aliphatic hydroxyl groups is 1. The van der Waals surface area contributed by atoms with Crippen LogP contribution < -0.4 is 4.74 Å². The highest BCUT2D eigenvalue weighted by Gasteiger charge is 2.20. The Morgan fingerprint density at radius 2 is 2.12 bits per heavy atom. The molecule has 1 N–H and O–H groups in total. The summed E-state index contributed by atoms with van der Waals surface area (Å²) in [4.78, 5) is 0. The molecule has 1 aromatic rings. The average molecular weight is 234 g/mol. The van der Waals surface area contributed by atoms with Crippen LogP contribution in [0.4, 0.5) is 0 Å². The zero-order valence-electron chi connectivity index (χ0n) is 11.0. The highest BCUT2D eigenvalue weighted by molar-refractivity contribution is 5.39. The van der Waals surface area contributed by atoms with Gasteiger partial charge in [-0.25, -0.2) is 0 Å². The van der Waals surface area contributed by atoms with Crippen LogP contribution in [-0.4, -0.2) is 11.7 Å². The van der Waals surface area contributed by atoms with Gasteiger partial charge in [0, 0.05) is 0 Å². The fourth-order valence-electron chi connectivity index (χ4n) is 2.14. The van der Waals surface area contributed by atoms with Crippen molar-refractivity contribution >= 4 is 0 Å². The van der Waals surface area contributed by atoms with Gasteiger partial charge in [-0.3, -0.25) is 0 Å². The summed E-state index contributed by atoms with van der Waals surface area (Å²) >= 11 is 0. The number of rotatable bonds is 3. The van der Waals surface area contributed by atoms with Crippen molar-refractivity contribution < 1.29 is 9.84 Å². The number of aryl methyl sites for hydroxylation is 1. The summed E-state index contributed by atoms with van der Waals surface area (Å²) in [6.07, 6.45) is 2.59. The lowest BCUT2D eigenvalue weighted by Crippen LogP contribution is -2.11. The van der Waals surface area contributed by atoms with E-state index < -0.39 is 0 Å². The maximum atomic E-state index is 9.71. The summed E-state index contributed by atoms with van der Waals surface area (Å²) in [6, 6.07) is 6.05. The van der Waals surface area contributed by atoms with Crippen LogP contribution in [0.2, 0.25) is 0 Å². The normalized spacial score (nSPS) is 19.2. The second-order valence-electron chi connectivity index (χ2n) is 6.07. The van der Waals surface area contributed by atoms with Gasteiger partial charge in [-0.05, 0) is 47.9 Å². The molecule has 1 atom stereocenters. The van der Waals surface area contributed by atoms with Crippen molar-refractivity contribution in [3.05, 3.63) is 29.3 Å². The molecule has 0 amide bonds. The SMILES string of the molecule is CC(C)(C)CCOc1ccc2c(c1)CC[C@H]2O. The largest absolute Gasteiger partial charge is 0.494 e. The van der Waals surface area contributed by atoms with Crippen molar-refractivity contribution in [2.45, 2.75) is 46.1 Å². The van der Waals surface area contributed by atoms with Gasteiger partial charge in [0.1, 0.15) is 5.75 Å². The Morgan fingerprint density at radius 1 is 1.35 bits per heavy atom. The van der Waals surface area contributed by atoms with Crippen LogP contribution in [0.15, 0.2) is 18.2 Å². The summed E-state index contributed by atoms with van der Waals surface area (Å²) in [5.74, 6) is 0.933. The third-order valence-electron chi connectivity index (χ3n) is 3.28. The standard InChI is InChI=1S/C15H22O2/c1-15(2,3)8-9-17-12-5-6-13-11(10-12)4-7-14(13)16/h5-6,10,14,16H,4,7-9H2,1-3H3/t14-/m1/s1. The molecule has 0 aliphatic heterocycles. The Balaban J connectivity index is 1.95. The van der Waals surface area contributed by atoms with Gasteiger partial charge in [-0.2, -0.15) is 0 Å². The van der Waals surface area contributed by atoms with Gasteiger partial charge in [0.2, 0.25) is 0 Å². The van der Waals surface area contributed by atoms with Crippen molar-refractivity contribution in [3.63, 3.8) is 0 Å². The highest BCUT2D eigenvalue weighted by atomic mass is 16.5. The average Bonchev–Trinajstić information content (AvgIpc) is 2.58. The van der Waals surface area contributed by atoms with Crippen LogP contribution in [0.1, 0.15) is 50.8 Å². The molecule has 1 aromatic carbocycles. The maximum Gasteiger partial charge on any atom is 0.119 e. The van der Waals surface area contributed by atoms with Crippen LogP contribution in [0.25, 0.3) is 0 Å². The maximum absolute atomic E-state index is 9.71. The molecule has 0 saturated heterocycles. The molecule has 2 nitrogen and oxygen atoms in total. The summed E-state index contributed by atoms with van der Waals surface area (Å²) < 4.78 is 5.76. The lowest BCUT2D eigenvalue weighted by atomic mass is 9.93. The monoisotopic (exact) mass is 234 g/mol. The third kappa shape index (κ3) is 3.22. The van der Waals surface area contributed by atoms with Crippen LogP contribution in [0.3, 0.4) is 0 Å². The molecule has 2 rings (SSSR count). The first-order valence-corrected chi connectivity index (χ1v) is 6.39. The van der Waals surface area contributed by atoms with Crippen molar-refractivity contribution in [1.82, 2.24) is 0 Å². The lowest BCUT2D eigenvalue weighted by Gasteiger charge is -2.18. The Hall–Kier alpha value is -1.02. The van der Waals surface area contributed by atoms with E-state index >= 15 is 0 Å². The van der Waals surface area contributed by atoms with E-state index in [2.05, 4.69) is 26.8 Å². The van der Waals surface area contributed by atoms with Crippen LogP contribution >= 0.6 is 0 Å². The Labute approximate surface area is 104 Å². The number of aliphatic hydroxyl groups excluding tert-OH is 1. The third-order valence-corrected chi connectivity index (χ3v) is 3.28. The minimum atomic E-state index is -0.270. The van der Waals surface area contributed by atoms with Crippen molar-refractivity contribution in [2.24, 2.45) is 5.41 Å². The van der Waals surface area contributed by atoms with Crippen LogP contribution in [0.5, 0.6) is 5.75 Å². The quantitative estimate of drug-likeness (QED) is 0.867. The van der Waals surface area contributed by atoms with E-state index in [1.165, 1.54) is 5.56 Å². The van der Waals surface area contributed by atoms with Gasteiger partial charge in [-0.15, -0.1) is 0 Å². The molecular formula is C15H22O2. The second-order valence-corrected chi connectivity index (χ2v) is 6.07. The van der Waals surface area contributed by atoms with E-state index in [-0.39, 0.29) is 6.10 Å².